The zero-order valence-electron chi connectivity index (χ0n) is 17.7. The van der Waals surface area contributed by atoms with E-state index in [0.717, 1.165) is 6.42 Å². The zero-order chi connectivity index (χ0) is 23.3. The molecule has 0 bridgehead atoms. The van der Waals surface area contributed by atoms with Gasteiger partial charge >= 0.3 is 12.2 Å². The number of hydrogen-bond acceptors (Lipinski definition) is 7. The number of aryl methyl sites for hydroxylation is 1. The van der Waals surface area contributed by atoms with Gasteiger partial charge in [-0.25, -0.2) is 0 Å². The standard InChI is InChI=1S/C21H19F3N6O3/c1-11-14(18-26-27-20(33-18)29-9-8-13(10-29)32-2)19(31)30-17(25-11)15(12-6-4-3-5-7-12)16(28-30)21(22,23)24/h3-7,13,25H,8-10H2,1-2H3. The molecule has 5 rings (SSSR count). The average Bonchev–Trinajstić information content (AvgIpc) is 3.52. The summed E-state index contributed by atoms with van der Waals surface area (Å²) in [6, 6.07) is 8.19. The molecule has 0 radical (unpaired) electrons. The third-order valence-corrected chi connectivity index (χ3v) is 5.68. The van der Waals surface area contributed by atoms with Gasteiger partial charge in [-0.3, -0.25) is 4.79 Å². The lowest BCUT2D eigenvalue weighted by molar-refractivity contribution is -0.140. The normalized spacial score (nSPS) is 16.8. The molecule has 0 aliphatic carbocycles. The smallest absolute Gasteiger partial charge is 0.403 e. The van der Waals surface area contributed by atoms with Crippen molar-refractivity contribution in [3.8, 4) is 22.6 Å². The Hall–Kier alpha value is -3.67. The van der Waals surface area contributed by atoms with E-state index >= 15 is 0 Å². The number of benzene rings is 1. The first-order valence-electron chi connectivity index (χ1n) is 10.2. The summed E-state index contributed by atoms with van der Waals surface area (Å²) < 4.78 is 53.2. The van der Waals surface area contributed by atoms with Crippen molar-refractivity contribution in [3.63, 3.8) is 0 Å². The van der Waals surface area contributed by atoms with Crippen LogP contribution in [0.25, 0.3) is 28.2 Å². The Labute approximate surface area is 184 Å². The molecule has 0 amide bonds. The zero-order valence-corrected chi connectivity index (χ0v) is 17.7. The van der Waals surface area contributed by atoms with E-state index in [4.69, 9.17) is 9.15 Å². The first-order valence-corrected chi connectivity index (χ1v) is 10.2. The molecule has 0 saturated carbocycles. The van der Waals surface area contributed by atoms with Crippen LogP contribution in [0, 0.1) is 6.92 Å². The largest absolute Gasteiger partial charge is 0.435 e. The van der Waals surface area contributed by atoms with Crippen LogP contribution in [0.15, 0.2) is 39.5 Å². The molecule has 0 spiro atoms. The highest BCUT2D eigenvalue weighted by Crippen LogP contribution is 2.38. The molecule has 1 N–H and O–H groups in total. The monoisotopic (exact) mass is 460 g/mol. The van der Waals surface area contributed by atoms with Crippen molar-refractivity contribution < 1.29 is 22.3 Å². The van der Waals surface area contributed by atoms with Crippen molar-refractivity contribution in [2.75, 3.05) is 25.1 Å². The second-order valence-electron chi connectivity index (χ2n) is 7.76. The Morgan fingerprint density at radius 3 is 2.61 bits per heavy atom. The fourth-order valence-corrected chi connectivity index (χ4v) is 4.05. The molecule has 4 heterocycles. The van der Waals surface area contributed by atoms with Crippen molar-refractivity contribution in [2.45, 2.75) is 25.6 Å². The number of rotatable bonds is 4. The highest BCUT2D eigenvalue weighted by atomic mass is 19.4. The van der Waals surface area contributed by atoms with Crippen molar-refractivity contribution in [1.29, 1.82) is 0 Å². The Morgan fingerprint density at radius 1 is 1.18 bits per heavy atom. The molecule has 1 unspecified atom stereocenters. The van der Waals surface area contributed by atoms with Gasteiger partial charge in [-0.15, -0.1) is 5.10 Å². The lowest BCUT2D eigenvalue weighted by Gasteiger charge is -2.11. The highest BCUT2D eigenvalue weighted by Gasteiger charge is 2.39. The van der Waals surface area contributed by atoms with Gasteiger partial charge in [-0.05, 0) is 18.9 Å². The summed E-state index contributed by atoms with van der Waals surface area (Å²) in [7, 11) is 1.62. The number of aromatic nitrogens is 5. The van der Waals surface area contributed by atoms with Gasteiger partial charge in [0.2, 0.25) is 0 Å². The minimum absolute atomic E-state index is 0.0307. The first kappa shape index (κ1) is 21.2. The molecule has 33 heavy (non-hydrogen) atoms. The number of ether oxygens (including phenoxy) is 1. The average molecular weight is 460 g/mol. The van der Waals surface area contributed by atoms with E-state index in [9.17, 15) is 18.0 Å². The van der Waals surface area contributed by atoms with E-state index in [1.165, 1.54) is 12.1 Å². The van der Waals surface area contributed by atoms with Gasteiger partial charge in [0.25, 0.3) is 11.4 Å². The van der Waals surface area contributed by atoms with E-state index in [1.807, 2.05) is 4.90 Å². The van der Waals surface area contributed by atoms with Crippen LogP contribution in [0.3, 0.4) is 0 Å². The van der Waals surface area contributed by atoms with E-state index in [1.54, 1.807) is 32.2 Å². The third-order valence-electron chi connectivity index (χ3n) is 5.68. The lowest BCUT2D eigenvalue weighted by Crippen LogP contribution is -2.22. The van der Waals surface area contributed by atoms with Crippen molar-refractivity contribution in [1.82, 2.24) is 24.8 Å². The molecule has 172 valence electrons. The molecule has 1 aliphatic rings. The maximum absolute atomic E-state index is 13.8. The molecular weight excluding hydrogens is 441 g/mol. The number of methoxy groups -OCH3 is 1. The molecule has 1 fully saturated rings. The van der Waals surface area contributed by atoms with E-state index in [2.05, 4.69) is 20.3 Å². The van der Waals surface area contributed by atoms with Crippen LogP contribution in [0.4, 0.5) is 19.2 Å². The fraction of sp³-hybridized carbons (Fsp3) is 0.333. The lowest BCUT2D eigenvalue weighted by atomic mass is 10.1. The van der Waals surface area contributed by atoms with E-state index in [-0.39, 0.29) is 46.0 Å². The van der Waals surface area contributed by atoms with Crippen LogP contribution >= 0.6 is 0 Å². The van der Waals surface area contributed by atoms with Crippen LogP contribution in [0.2, 0.25) is 0 Å². The van der Waals surface area contributed by atoms with E-state index < -0.39 is 17.4 Å². The fourth-order valence-electron chi connectivity index (χ4n) is 4.05. The molecule has 9 nitrogen and oxygen atoms in total. The number of aromatic amines is 1. The number of anilines is 1. The third kappa shape index (κ3) is 3.55. The van der Waals surface area contributed by atoms with Gasteiger partial charge in [0.15, 0.2) is 5.69 Å². The highest BCUT2D eigenvalue weighted by molar-refractivity contribution is 5.81. The topological polar surface area (TPSA) is 102 Å². The Kier molecular flexibility index (Phi) is 4.96. The maximum Gasteiger partial charge on any atom is 0.435 e. The molecule has 3 aromatic heterocycles. The molecule has 1 atom stereocenters. The van der Waals surface area contributed by atoms with Gasteiger partial charge < -0.3 is 19.0 Å². The number of fused-ring (bicyclic) bond motifs is 1. The van der Waals surface area contributed by atoms with Crippen LogP contribution in [-0.2, 0) is 10.9 Å². The maximum atomic E-state index is 13.8. The number of hydrogen-bond donors (Lipinski definition) is 1. The summed E-state index contributed by atoms with van der Waals surface area (Å²) >= 11 is 0. The number of alkyl halides is 3. The quantitative estimate of drug-likeness (QED) is 0.499. The van der Waals surface area contributed by atoms with Crippen molar-refractivity contribution >= 4 is 11.7 Å². The second kappa shape index (κ2) is 7.73. The minimum atomic E-state index is -4.77. The SMILES string of the molecule is COC1CCN(c2nnc(-c3c(C)[nH]c4c(-c5ccccc5)c(C(F)(F)F)nn4c3=O)o2)C1. The predicted octanol–water partition coefficient (Wildman–Crippen LogP) is 3.29. The predicted molar refractivity (Wildman–Crippen MR) is 112 cm³/mol. The summed E-state index contributed by atoms with van der Waals surface area (Å²) in [6.45, 7) is 2.76. The number of H-pyrrole nitrogens is 1. The van der Waals surface area contributed by atoms with Gasteiger partial charge in [-0.2, -0.15) is 22.8 Å². The van der Waals surface area contributed by atoms with Gasteiger partial charge in [-0.1, -0.05) is 35.4 Å². The van der Waals surface area contributed by atoms with Gasteiger partial charge in [0, 0.05) is 25.9 Å². The van der Waals surface area contributed by atoms with Crippen LogP contribution in [0.1, 0.15) is 17.8 Å². The number of nitrogens with one attached hydrogen (secondary N) is 1. The van der Waals surface area contributed by atoms with Crippen LogP contribution in [-0.4, -0.2) is 51.1 Å². The Morgan fingerprint density at radius 2 is 1.94 bits per heavy atom. The van der Waals surface area contributed by atoms with Gasteiger partial charge in [0.05, 0.1) is 11.7 Å². The molecule has 1 aromatic carbocycles. The first-order chi connectivity index (χ1) is 15.8. The molecule has 4 aromatic rings. The van der Waals surface area contributed by atoms with Crippen LogP contribution in [0.5, 0.6) is 0 Å². The Balaban J connectivity index is 1.66. The van der Waals surface area contributed by atoms with Crippen LogP contribution < -0.4 is 10.5 Å². The minimum Gasteiger partial charge on any atom is -0.403 e. The second-order valence-corrected chi connectivity index (χ2v) is 7.76. The summed E-state index contributed by atoms with van der Waals surface area (Å²) in [5.74, 6) is -0.100. The summed E-state index contributed by atoms with van der Waals surface area (Å²) in [5, 5.41) is 11.6. The summed E-state index contributed by atoms with van der Waals surface area (Å²) in [5.41, 5.74) is -1.70. The molecule has 12 heteroatoms. The van der Waals surface area contributed by atoms with E-state index in [0.29, 0.717) is 17.6 Å². The molecule has 1 saturated heterocycles. The molecule has 1 aliphatic heterocycles. The van der Waals surface area contributed by atoms with Crippen molar-refractivity contribution in [2.24, 2.45) is 0 Å². The number of halogens is 3. The number of nitrogens with zero attached hydrogens (tertiary/aromatic N) is 5. The Bertz CT molecular complexity index is 1380. The molecular formula is C21H19F3N6O3. The van der Waals surface area contributed by atoms with Gasteiger partial charge in [0.1, 0.15) is 11.2 Å². The summed E-state index contributed by atoms with van der Waals surface area (Å²) in [6.07, 6.45) is -3.95. The van der Waals surface area contributed by atoms with Crippen molar-refractivity contribution in [3.05, 3.63) is 52.1 Å². The summed E-state index contributed by atoms with van der Waals surface area (Å²) in [4.78, 5) is 18.0.